The molecule has 1 aliphatic rings. The first kappa shape index (κ1) is 21.5. The molecule has 1 aliphatic heterocycles. The molecular weight excluding hydrogens is 462 g/mol. The molecule has 0 aliphatic carbocycles. The van der Waals surface area contributed by atoms with Crippen molar-refractivity contribution >= 4 is 61.9 Å². The molecule has 0 saturated carbocycles. The second-order valence-electron chi connectivity index (χ2n) is 6.70. The number of urea groups is 1. The van der Waals surface area contributed by atoms with Gasteiger partial charge in [0.05, 0.1) is 11.7 Å². The maximum Gasteiger partial charge on any atom is 0.317 e. The SMILES string of the molecule is O=C(NCCSCc1ccsc1)N1CCN(S(=O)(=O)c2cccc3nsnc23)CC1. The Balaban J connectivity index is 1.26. The van der Waals surface area contributed by atoms with E-state index in [1.807, 2.05) is 0 Å². The molecule has 1 saturated heterocycles. The largest absolute Gasteiger partial charge is 0.337 e. The lowest BCUT2D eigenvalue weighted by Crippen LogP contribution is -2.53. The normalized spacial score (nSPS) is 15.5. The summed E-state index contributed by atoms with van der Waals surface area (Å²) < 4.78 is 35.8. The molecule has 3 heterocycles. The van der Waals surface area contributed by atoms with Crippen molar-refractivity contribution in [2.24, 2.45) is 0 Å². The van der Waals surface area contributed by atoms with Crippen molar-refractivity contribution in [1.29, 1.82) is 0 Å². The van der Waals surface area contributed by atoms with E-state index in [2.05, 4.69) is 30.9 Å². The van der Waals surface area contributed by atoms with E-state index in [4.69, 9.17) is 0 Å². The van der Waals surface area contributed by atoms with Crippen molar-refractivity contribution in [3.63, 3.8) is 0 Å². The highest BCUT2D eigenvalue weighted by atomic mass is 32.2. The zero-order chi connectivity index (χ0) is 21.0. The molecule has 0 radical (unpaired) electrons. The van der Waals surface area contributed by atoms with Crippen LogP contribution in [0.1, 0.15) is 5.56 Å². The van der Waals surface area contributed by atoms with Crippen molar-refractivity contribution in [1.82, 2.24) is 23.3 Å². The van der Waals surface area contributed by atoms with Crippen LogP contribution >= 0.6 is 34.8 Å². The smallest absolute Gasteiger partial charge is 0.317 e. The monoisotopic (exact) mass is 483 g/mol. The number of sulfonamides is 1. The fourth-order valence-electron chi connectivity index (χ4n) is 3.17. The lowest BCUT2D eigenvalue weighted by Gasteiger charge is -2.34. The number of fused-ring (bicyclic) bond motifs is 1. The molecule has 1 N–H and O–H groups in total. The number of thioether (sulfide) groups is 1. The molecule has 3 aromatic rings. The summed E-state index contributed by atoms with van der Waals surface area (Å²) in [6, 6.07) is 6.95. The van der Waals surface area contributed by atoms with Crippen LogP contribution in [-0.4, -0.2) is 70.9 Å². The van der Waals surface area contributed by atoms with E-state index in [1.165, 1.54) is 9.87 Å². The van der Waals surface area contributed by atoms with Crippen LogP contribution in [-0.2, 0) is 15.8 Å². The second kappa shape index (κ2) is 9.60. The molecule has 12 heteroatoms. The number of carbonyl (C=O) groups is 1. The molecule has 0 atom stereocenters. The summed E-state index contributed by atoms with van der Waals surface area (Å²) in [4.78, 5) is 14.2. The van der Waals surface area contributed by atoms with Crippen LogP contribution in [0.3, 0.4) is 0 Å². The highest BCUT2D eigenvalue weighted by Crippen LogP contribution is 2.25. The van der Waals surface area contributed by atoms with Gasteiger partial charge in [0.1, 0.15) is 15.9 Å². The standard InChI is InChI=1S/C18H21N5O3S4/c24-18(19-5-11-28-13-14-4-10-27-12-14)22-6-8-23(9-7-22)30(25,26)16-3-1-2-15-17(16)21-29-20-15/h1-4,10,12H,5-9,11,13H2,(H,19,24). The summed E-state index contributed by atoms with van der Waals surface area (Å²) in [5.41, 5.74) is 2.29. The van der Waals surface area contributed by atoms with Crippen molar-refractivity contribution < 1.29 is 13.2 Å². The molecule has 2 aromatic heterocycles. The molecule has 1 fully saturated rings. The molecule has 160 valence electrons. The lowest BCUT2D eigenvalue weighted by molar-refractivity contribution is 0.173. The Morgan fingerprint density at radius 1 is 1.17 bits per heavy atom. The third-order valence-electron chi connectivity index (χ3n) is 4.76. The van der Waals surface area contributed by atoms with Gasteiger partial charge in [-0.1, -0.05) is 6.07 Å². The average molecular weight is 484 g/mol. The predicted molar refractivity (Wildman–Crippen MR) is 122 cm³/mol. The topological polar surface area (TPSA) is 95.5 Å². The van der Waals surface area contributed by atoms with E-state index in [-0.39, 0.29) is 24.0 Å². The highest BCUT2D eigenvalue weighted by molar-refractivity contribution is 7.98. The van der Waals surface area contributed by atoms with Crippen LogP contribution in [0.5, 0.6) is 0 Å². The summed E-state index contributed by atoms with van der Waals surface area (Å²) in [6.45, 7) is 1.83. The number of thiophene rings is 1. The van der Waals surface area contributed by atoms with Crippen LogP contribution in [0.2, 0.25) is 0 Å². The van der Waals surface area contributed by atoms with E-state index in [0.29, 0.717) is 30.7 Å². The zero-order valence-corrected chi connectivity index (χ0v) is 19.3. The maximum atomic E-state index is 13.1. The number of aromatic nitrogens is 2. The Labute approximate surface area is 187 Å². The van der Waals surface area contributed by atoms with Gasteiger partial charge in [0.25, 0.3) is 0 Å². The van der Waals surface area contributed by atoms with Crippen LogP contribution in [0.4, 0.5) is 4.79 Å². The second-order valence-corrected chi connectivity index (χ2v) is 11.0. The summed E-state index contributed by atoms with van der Waals surface area (Å²) >= 11 is 4.46. The van der Waals surface area contributed by atoms with Gasteiger partial charge in [-0.15, -0.1) is 0 Å². The highest BCUT2D eigenvalue weighted by Gasteiger charge is 2.31. The fourth-order valence-corrected chi connectivity index (χ4v) is 6.92. The Morgan fingerprint density at radius 3 is 2.77 bits per heavy atom. The Bertz CT molecular complexity index is 1090. The molecule has 30 heavy (non-hydrogen) atoms. The quantitative estimate of drug-likeness (QED) is 0.519. The van der Waals surface area contributed by atoms with Crippen LogP contribution in [0, 0.1) is 0 Å². The predicted octanol–water partition coefficient (Wildman–Crippen LogP) is 2.70. The van der Waals surface area contributed by atoms with Crippen LogP contribution < -0.4 is 5.32 Å². The van der Waals surface area contributed by atoms with E-state index >= 15 is 0 Å². The van der Waals surface area contributed by atoms with Gasteiger partial charge < -0.3 is 10.2 Å². The minimum absolute atomic E-state index is 0.144. The molecule has 0 spiro atoms. The van der Waals surface area contributed by atoms with Gasteiger partial charge in [-0.05, 0) is 34.5 Å². The number of nitrogens with one attached hydrogen (secondary N) is 1. The Kier molecular flexibility index (Phi) is 6.88. The van der Waals surface area contributed by atoms with Crippen LogP contribution in [0.25, 0.3) is 11.0 Å². The van der Waals surface area contributed by atoms with Crippen molar-refractivity contribution in [2.75, 3.05) is 38.5 Å². The molecule has 0 bridgehead atoms. The first-order chi connectivity index (χ1) is 14.6. The van der Waals surface area contributed by atoms with Crippen LogP contribution in [0.15, 0.2) is 39.9 Å². The van der Waals surface area contributed by atoms with Gasteiger partial charge in [-0.25, -0.2) is 13.2 Å². The molecule has 0 unspecified atom stereocenters. The number of carbonyl (C=O) groups excluding carboxylic acids is 1. The molecule has 1 aromatic carbocycles. The molecule has 8 nitrogen and oxygen atoms in total. The van der Waals surface area contributed by atoms with Crippen molar-refractivity contribution in [3.05, 3.63) is 40.6 Å². The summed E-state index contributed by atoms with van der Waals surface area (Å²) in [5, 5.41) is 7.11. The number of benzene rings is 1. The van der Waals surface area contributed by atoms with Gasteiger partial charge >= 0.3 is 6.03 Å². The van der Waals surface area contributed by atoms with E-state index in [0.717, 1.165) is 23.2 Å². The minimum atomic E-state index is -3.68. The number of hydrogen-bond donors (Lipinski definition) is 1. The first-order valence-electron chi connectivity index (χ1n) is 9.39. The van der Waals surface area contributed by atoms with Crippen molar-refractivity contribution in [3.8, 4) is 0 Å². The van der Waals surface area contributed by atoms with E-state index < -0.39 is 10.0 Å². The first-order valence-corrected chi connectivity index (χ1v) is 13.7. The zero-order valence-electron chi connectivity index (χ0n) is 16.1. The third kappa shape index (κ3) is 4.78. The van der Waals surface area contributed by atoms with Gasteiger partial charge in [0.15, 0.2) is 0 Å². The Morgan fingerprint density at radius 2 is 2.00 bits per heavy atom. The van der Waals surface area contributed by atoms with E-state index in [1.54, 1.807) is 46.2 Å². The number of hydrogen-bond acceptors (Lipinski definition) is 8. The van der Waals surface area contributed by atoms with Gasteiger partial charge in [0.2, 0.25) is 10.0 Å². The summed E-state index contributed by atoms with van der Waals surface area (Å²) in [7, 11) is -3.68. The lowest BCUT2D eigenvalue weighted by atomic mass is 10.3. The molecular formula is C18H21N5O3S4. The molecule has 2 amide bonds. The summed E-state index contributed by atoms with van der Waals surface area (Å²) in [6.07, 6.45) is 0. The van der Waals surface area contributed by atoms with Gasteiger partial charge in [-0.3, -0.25) is 0 Å². The van der Waals surface area contributed by atoms with Crippen molar-refractivity contribution in [2.45, 2.75) is 10.6 Å². The van der Waals surface area contributed by atoms with Gasteiger partial charge in [0, 0.05) is 44.2 Å². The minimum Gasteiger partial charge on any atom is -0.337 e. The summed E-state index contributed by atoms with van der Waals surface area (Å²) in [5.74, 6) is 1.78. The maximum absolute atomic E-state index is 13.1. The number of nitrogens with zero attached hydrogens (tertiary/aromatic N) is 4. The average Bonchev–Trinajstić information content (AvgIpc) is 3.45. The number of rotatable bonds is 7. The van der Waals surface area contributed by atoms with E-state index in [9.17, 15) is 13.2 Å². The Hall–Kier alpha value is -1.73. The fraction of sp³-hybridized carbons (Fsp3) is 0.389. The number of piperazine rings is 1. The molecule has 4 rings (SSSR count). The number of amides is 2. The third-order valence-corrected chi connectivity index (χ3v) is 9.00. The van der Waals surface area contributed by atoms with Gasteiger partial charge in [-0.2, -0.15) is 36.2 Å².